The van der Waals surface area contributed by atoms with E-state index in [1.54, 1.807) is 4.57 Å². The van der Waals surface area contributed by atoms with Crippen molar-refractivity contribution in [1.29, 1.82) is 0 Å². The zero-order valence-electron chi connectivity index (χ0n) is 12.5. The highest BCUT2D eigenvalue weighted by molar-refractivity contribution is 5.95. The Bertz CT molecular complexity index is 869. The van der Waals surface area contributed by atoms with Crippen molar-refractivity contribution in [3.8, 4) is 5.88 Å². The molecule has 0 saturated carbocycles. The summed E-state index contributed by atoms with van der Waals surface area (Å²) in [4.78, 5) is 11.2. The van der Waals surface area contributed by atoms with E-state index in [-0.39, 0.29) is 11.6 Å². The number of methoxy groups -OCH3 is 1. The molecule has 0 atom stereocenters. The lowest BCUT2D eigenvalue weighted by Crippen LogP contribution is -1.98. The van der Waals surface area contributed by atoms with Gasteiger partial charge in [0, 0.05) is 5.39 Å². The van der Waals surface area contributed by atoms with Crippen LogP contribution in [-0.4, -0.2) is 22.9 Å². The van der Waals surface area contributed by atoms with E-state index in [1.807, 2.05) is 54.6 Å². The number of hydrogen-bond donors (Lipinski definition) is 1. The summed E-state index contributed by atoms with van der Waals surface area (Å²) < 4.78 is 6.17. The van der Waals surface area contributed by atoms with Crippen molar-refractivity contribution < 1.29 is 14.6 Å². The normalized spacial score (nSPS) is 11.2. The molecule has 0 aliphatic carbocycles. The number of carbonyl (C=O) groups excluding carboxylic acids is 1. The van der Waals surface area contributed by atoms with Gasteiger partial charge in [0.15, 0.2) is 5.69 Å². The number of azo groups is 1. The second-order valence-corrected chi connectivity index (χ2v) is 4.93. The molecular formula is C17H15N3O3. The minimum absolute atomic E-state index is 0.0392. The Morgan fingerprint density at radius 2 is 1.83 bits per heavy atom. The third-order valence-corrected chi connectivity index (χ3v) is 3.51. The number of amides is 1. The summed E-state index contributed by atoms with van der Waals surface area (Å²) in [7, 11) is 1.22. The molecule has 0 fully saturated rings. The van der Waals surface area contributed by atoms with E-state index < -0.39 is 6.09 Å². The molecule has 1 aromatic heterocycles. The maximum absolute atomic E-state index is 11.2. The number of para-hydroxylation sites is 1. The topological polar surface area (TPSA) is 76.2 Å². The molecule has 1 N–H and O–H groups in total. The second kappa shape index (κ2) is 6.31. The molecule has 0 spiro atoms. The van der Waals surface area contributed by atoms with E-state index >= 15 is 0 Å². The maximum atomic E-state index is 11.2. The number of benzene rings is 2. The quantitative estimate of drug-likeness (QED) is 0.735. The Morgan fingerprint density at radius 1 is 1.13 bits per heavy atom. The SMILES string of the molecule is COC(=O)N=Nc1c(O)n(Cc2ccccc2)c2ccccc12. The van der Waals surface area contributed by atoms with Crippen LogP contribution in [0.4, 0.5) is 10.5 Å². The van der Waals surface area contributed by atoms with Gasteiger partial charge in [-0.2, -0.15) is 0 Å². The molecule has 0 radical (unpaired) electrons. The van der Waals surface area contributed by atoms with Crippen LogP contribution in [0, 0.1) is 0 Å². The largest absolute Gasteiger partial charge is 0.493 e. The van der Waals surface area contributed by atoms with Gasteiger partial charge in [-0.3, -0.25) is 0 Å². The van der Waals surface area contributed by atoms with Crippen molar-refractivity contribution in [3.63, 3.8) is 0 Å². The van der Waals surface area contributed by atoms with Crippen LogP contribution in [0.2, 0.25) is 0 Å². The Hall–Kier alpha value is -3.15. The molecule has 1 heterocycles. The van der Waals surface area contributed by atoms with Gasteiger partial charge in [-0.1, -0.05) is 53.6 Å². The fraction of sp³-hybridized carbons (Fsp3) is 0.118. The summed E-state index contributed by atoms with van der Waals surface area (Å²) in [6.45, 7) is 0.487. The molecule has 116 valence electrons. The van der Waals surface area contributed by atoms with Crippen LogP contribution >= 0.6 is 0 Å². The number of hydrogen-bond acceptors (Lipinski definition) is 4. The number of rotatable bonds is 3. The Labute approximate surface area is 132 Å². The number of aromatic hydroxyl groups is 1. The predicted molar refractivity (Wildman–Crippen MR) is 86.1 cm³/mol. The molecule has 0 aliphatic heterocycles. The van der Waals surface area contributed by atoms with Gasteiger partial charge in [0.05, 0.1) is 19.2 Å². The molecule has 23 heavy (non-hydrogen) atoms. The molecule has 0 saturated heterocycles. The molecule has 3 rings (SSSR count). The fourth-order valence-corrected chi connectivity index (χ4v) is 2.43. The van der Waals surface area contributed by atoms with Crippen molar-refractivity contribution in [2.45, 2.75) is 6.54 Å². The van der Waals surface area contributed by atoms with Crippen LogP contribution in [0.1, 0.15) is 5.56 Å². The molecule has 1 amide bonds. The lowest BCUT2D eigenvalue weighted by Gasteiger charge is -2.06. The van der Waals surface area contributed by atoms with Crippen LogP contribution in [0.15, 0.2) is 64.8 Å². The molecule has 3 aromatic rings. The number of fused-ring (bicyclic) bond motifs is 1. The zero-order chi connectivity index (χ0) is 16.2. The van der Waals surface area contributed by atoms with Crippen molar-refractivity contribution in [2.75, 3.05) is 7.11 Å². The third-order valence-electron chi connectivity index (χ3n) is 3.51. The first-order valence-corrected chi connectivity index (χ1v) is 7.04. The standard InChI is InChI=1S/C17H15N3O3/c1-23-17(22)19-18-15-13-9-5-6-10-14(13)20(16(15)21)11-12-7-3-2-4-8-12/h2-10,21H,11H2,1H3. The van der Waals surface area contributed by atoms with Gasteiger partial charge in [-0.05, 0) is 11.6 Å². The summed E-state index contributed by atoms with van der Waals surface area (Å²) in [5.41, 5.74) is 2.11. The minimum atomic E-state index is -0.815. The van der Waals surface area contributed by atoms with Crippen LogP contribution in [-0.2, 0) is 11.3 Å². The van der Waals surface area contributed by atoms with Gasteiger partial charge < -0.3 is 14.4 Å². The summed E-state index contributed by atoms with van der Waals surface area (Å²) in [6, 6.07) is 17.2. The second-order valence-electron chi connectivity index (χ2n) is 4.93. The van der Waals surface area contributed by atoms with Crippen LogP contribution in [0.25, 0.3) is 10.9 Å². The summed E-state index contributed by atoms with van der Waals surface area (Å²) in [5, 5.41) is 18.5. The monoisotopic (exact) mass is 309 g/mol. The number of nitrogens with zero attached hydrogens (tertiary/aromatic N) is 3. The summed E-state index contributed by atoms with van der Waals surface area (Å²) in [6.07, 6.45) is -0.815. The van der Waals surface area contributed by atoms with Gasteiger partial charge in [-0.25, -0.2) is 4.79 Å². The van der Waals surface area contributed by atoms with E-state index in [2.05, 4.69) is 15.0 Å². The lowest BCUT2D eigenvalue weighted by molar-refractivity contribution is 0.181. The van der Waals surface area contributed by atoms with E-state index in [4.69, 9.17) is 0 Å². The van der Waals surface area contributed by atoms with Crippen molar-refractivity contribution in [1.82, 2.24) is 4.57 Å². The molecule has 6 heteroatoms. The summed E-state index contributed by atoms with van der Waals surface area (Å²) >= 11 is 0. The van der Waals surface area contributed by atoms with Crippen molar-refractivity contribution in [2.24, 2.45) is 10.2 Å². The molecule has 6 nitrogen and oxygen atoms in total. The van der Waals surface area contributed by atoms with Gasteiger partial charge in [-0.15, -0.1) is 5.11 Å². The van der Waals surface area contributed by atoms with E-state index in [9.17, 15) is 9.90 Å². The number of aromatic nitrogens is 1. The molecule has 0 aliphatic rings. The lowest BCUT2D eigenvalue weighted by atomic mass is 10.2. The minimum Gasteiger partial charge on any atom is -0.493 e. The predicted octanol–water partition coefficient (Wildman–Crippen LogP) is 4.25. The molecule has 0 unspecified atom stereocenters. The first-order valence-electron chi connectivity index (χ1n) is 7.04. The molecule has 2 aromatic carbocycles. The van der Waals surface area contributed by atoms with Gasteiger partial charge >= 0.3 is 6.09 Å². The highest BCUT2D eigenvalue weighted by Gasteiger charge is 2.16. The molecule has 0 bridgehead atoms. The summed E-state index contributed by atoms with van der Waals surface area (Å²) in [5.74, 6) is -0.0392. The van der Waals surface area contributed by atoms with E-state index in [0.29, 0.717) is 11.9 Å². The third kappa shape index (κ3) is 2.91. The van der Waals surface area contributed by atoms with Gasteiger partial charge in [0.2, 0.25) is 5.88 Å². The first kappa shape index (κ1) is 14.8. The average Bonchev–Trinajstić information content (AvgIpc) is 2.86. The smallest absolute Gasteiger partial charge is 0.452 e. The van der Waals surface area contributed by atoms with Gasteiger partial charge in [0.1, 0.15) is 0 Å². The first-order chi connectivity index (χ1) is 11.2. The van der Waals surface area contributed by atoms with E-state index in [0.717, 1.165) is 11.1 Å². The van der Waals surface area contributed by atoms with Crippen LogP contribution in [0.5, 0.6) is 5.88 Å². The zero-order valence-corrected chi connectivity index (χ0v) is 12.5. The Balaban J connectivity index is 2.10. The Morgan fingerprint density at radius 3 is 2.57 bits per heavy atom. The fourth-order valence-electron chi connectivity index (χ4n) is 2.43. The van der Waals surface area contributed by atoms with Crippen molar-refractivity contribution in [3.05, 3.63) is 60.2 Å². The van der Waals surface area contributed by atoms with Gasteiger partial charge in [0.25, 0.3) is 0 Å². The van der Waals surface area contributed by atoms with E-state index in [1.165, 1.54) is 7.11 Å². The van der Waals surface area contributed by atoms with Crippen molar-refractivity contribution >= 4 is 22.7 Å². The van der Waals surface area contributed by atoms with Crippen LogP contribution < -0.4 is 0 Å². The highest BCUT2D eigenvalue weighted by atomic mass is 16.5. The number of carbonyl (C=O) groups is 1. The average molecular weight is 309 g/mol. The molecular weight excluding hydrogens is 294 g/mol. The van der Waals surface area contributed by atoms with Crippen LogP contribution in [0.3, 0.4) is 0 Å². The maximum Gasteiger partial charge on any atom is 0.452 e. The number of ether oxygens (including phenoxy) is 1. The highest BCUT2D eigenvalue weighted by Crippen LogP contribution is 2.39. The Kier molecular flexibility index (Phi) is 4.05.